The predicted molar refractivity (Wildman–Crippen MR) is 241 cm³/mol. The van der Waals surface area contributed by atoms with Gasteiger partial charge in [-0.1, -0.05) is 121 Å². The standard InChI is InChI=1S/2C22H25N2OS.5CN.Fe.NO/c2*25-22-23(14-17-8-3-1-4-9-17)19-16-26-13-7-12-20(26)21(19)24(22)15-18-10-5-2-6-11-18;5*1-2;;1-2/h2*1-6,8-11,19-21H,7,12-16H2;;;;;;;/q2*+1;5*-1;+2;+1. The monoisotopic (exact) mass is 946 g/mol. The molecule has 4 aromatic carbocycles. The number of carbonyl (C=O) groups excluding carboxylic acids is 2. The van der Waals surface area contributed by atoms with Crippen molar-refractivity contribution in [2.75, 3.05) is 23.0 Å². The van der Waals surface area contributed by atoms with Crippen molar-refractivity contribution in [3.05, 3.63) is 176 Å². The molecule has 0 N–H and O–H groups in total. The Morgan fingerprint density at radius 2 is 0.692 bits per heavy atom. The molecule has 334 valence electrons. The van der Waals surface area contributed by atoms with E-state index in [2.05, 4.69) is 117 Å². The molecule has 65 heavy (non-hydrogen) atoms. The first-order valence-corrected chi connectivity index (χ1v) is 23.8. The Bertz CT molecular complexity index is 1960. The van der Waals surface area contributed by atoms with Gasteiger partial charge in [-0.25, -0.2) is 9.59 Å². The molecule has 4 amide bonds. The van der Waals surface area contributed by atoms with Crippen molar-refractivity contribution in [2.45, 2.75) is 86.5 Å². The van der Waals surface area contributed by atoms with E-state index in [4.69, 9.17) is 69.4 Å². The second-order valence-corrected chi connectivity index (χ2v) is 20.2. The average Bonchev–Trinajstić information content (AvgIpc) is 4.24. The van der Waals surface area contributed by atoms with Gasteiger partial charge in [-0.05, 0) is 56.9 Å². The van der Waals surface area contributed by atoms with Crippen LogP contribution in [-0.2, 0) is 69.8 Å². The van der Waals surface area contributed by atoms with Crippen LogP contribution >= 0.6 is 0 Å². The number of hydrogen-bond acceptors (Lipinski definition) is 8. The number of amides is 4. The Kier molecular flexibility index (Phi) is 24.7. The van der Waals surface area contributed by atoms with Gasteiger partial charge in [0.1, 0.15) is 57.7 Å². The third-order valence-corrected chi connectivity index (χ3v) is 18.2. The van der Waals surface area contributed by atoms with Crippen LogP contribution in [0.15, 0.2) is 121 Å². The first-order chi connectivity index (χ1) is 31.6. The van der Waals surface area contributed by atoms with Gasteiger partial charge in [-0.2, -0.15) is 0 Å². The normalized spacial score (nSPS) is 24.1. The zero-order valence-corrected chi connectivity index (χ0v) is 38.6. The third-order valence-electron chi connectivity index (χ3n) is 12.3. The maximum atomic E-state index is 13.4. The van der Waals surface area contributed by atoms with Crippen molar-refractivity contribution in [1.29, 1.82) is 31.8 Å². The van der Waals surface area contributed by atoms with E-state index in [0.717, 1.165) is 36.7 Å². The van der Waals surface area contributed by atoms with E-state index in [1.807, 2.05) is 24.3 Å². The SMILES string of the molecule is N#[O+].O=C1N(Cc2ccccc2)C2C[S+]3CCCC3C2N1Cc1ccccc1.O=C1N(Cc2ccccc2)C2C[S+]3CCCC3C2N1Cc1ccccc1.[C-]#N.[C-]#N.[C-]#N.[C-]#N.[C-]#N.[Fe+2]. The molecule has 6 heterocycles. The van der Waals surface area contributed by atoms with Crippen LogP contribution in [0.1, 0.15) is 47.9 Å². The summed E-state index contributed by atoms with van der Waals surface area (Å²) in [7, 11) is 1.03. The molecular weight excluding hydrogens is 897 g/mol. The van der Waals surface area contributed by atoms with Crippen molar-refractivity contribution in [3.8, 4) is 0 Å². The number of carbonyl (C=O) groups is 2. The molecule has 6 aliphatic heterocycles. The summed E-state index contributed by atoms with van der Waals surface area (Å²) in [5, 5.41) is 32.7. The molecule has 6 fully saturated rings. The summed E-state index contributed by atoms with van der Waals surface area (Å²) in [5.41, 5.74) is 10.7. The second kappa shape index (κ2) is 29.3. The van der Waals surface area contributed by atoms with E-state index in [1.165, 1.54) is 70.9 Å². The quantitative estimate of drug-likeness (QED) is 0.0738. The Morgan fingerprint density at radius 1 is 0.446 bits per heavy atom. The first-order valence-electron chi connectivity index (χ1n) is 20.6. The topological polar surface area (TPSA) is 210 Å². The van der Waals surface area contributed by atoms with Gasteiger partial charge >= 0.3 is 39.4 Å². The van der Waals surface area contributed by atoms with Crippen LogP contribution in [0.5, 0.6) is 0 Å². The number of hydrogen-bond donors (Lipinski definition) is 0. The summed E-state index contributed by atoms with van der Waals surface area (Å²) in [6, 6.07) is 44.0. The molecule has 6 saturated heterocycles. The number of nitrogens with zero attached hydrogens (tertiary/aromatic N) is 10. The average molecular weight is 947 g/mol. The molecule has 0 saturated carbocycles. The summed E-state index contributed by atoms with van der Waals surface area (Å²) >= 11 is 0. The van der Waals surface area contributed by atoms with E-state index in [1.54, 1.807) is 0 Å². The fourth-order valence-electron chi connectivity index (χ4n) is 9.93. The van der Waals surface area contributed by atoms with Crippen LogP contribution in [0.2, 0.25) is 0 Å². The van der Waals surface area contributed by atoms with Crippen molar-refractivity contribution in [3.63, 3.8) is 0 Å². The summed E-state index contributed by atoms with van der Waals surface area (Å²) in [5.74, 6) is 5.20. The molecule has 0 aromatic heterocycles. The van der Waals surface area contributed by atoms with E-state index in [0.29, 0.717) is 46.0 Å². The minimum absolute atomic E-state index is 0. The number of urea groups is 2. The first kappa shape index (κ1) is 54.9. The molecule has 16 heteroatoms. The summed E-state index contributed by atoms with van der Waals surface area (Å²) in [6.45, 7) is 26.7. The molecule has 0 radical (unpaired) electrons. The van der Waals surface area contributed by atoms with E-state index in [-0.39, 0.29) is 29.1 Å². The van der Waals surface area contributed by atoms with E-state index < -0.39 is 0 Å². The van der Waals surface area contributed by atoms with Crippen LogP contribution in [0.25, 0.3) is 0 Å². The Balaban J connectivity index is 0.000000359. The molecule has 6 aliphatic rings. The molecular formula is C49H50FeN10O3S2. The molecule has 13 nitrogen and oxygen atoms in total. The van der Waals surface area contributed by atoms with Gasteiger partial charge in [-0.3, -0.25) is 0 Å². The van der Waals surface area contributed by atoms with Gasteiger partial charge in [0, 0.05) is 39.0 Å². The molecule has 10 rings (SSSR count). The van der Waals surface area contributed by atoms with E-state index >= 15 is 0 Å². The Hall–Kier alpha value is -6.24. The molecule has 0 bridgehead atoms. The van der Waals surface area contributed by atoms with Gasteiger partial charge in [0.25, 0.3) is 0 Å². The molecule has 8 unspecified atom stereocenters. The predicted octanol–water partition coefficient (Wildman–Crippen LogP) is 7.69. The minimum Gasteiger partial charge on any atom is -0.512 e. The fraction of sp³-hybridized carbons (Fsp3) is 0.367. The van der Waals surface area contributed by atoms with Crippen LogP contribution < -0.4 is 0 Å². The number of fused-ring (bicyclic) bond motifs is 6. The maximum absolute atomic E-state index is 13.4. The van der Waals surface area contributed by atoms with Crippen LogP contribution in [0.4, 0.5) is 9.59 Å². The van der Waals surface area contributed by atoms with Gasteiger partial charge in [0.2, 0.25) is 0 Å². The zero-order valence-electron chi connectivity index (χ0n) is 35.9. The Morgan fingerprint density at radius 3 is 0.954 bits per heavy atom. The van der Waals surface area contributed by atoms with Gasteiger partial charge in [0.15, 0.2) is 0 Å². The summed E-state index contributed by atoms with van der Waals surface area (Å²) in [4.78, 5) is 35.5. The van der Waals surface area contributed by atoms with E-state index in [9.17, 15) is 9.59 Å². The van der Waals surface area contributed by atoms with Crippen molar-refractivity contribution < 1.29 is 31.4 Å². The van der Waals surface area contributed by atoms with Gasteiger partial charge in [0.05, 0.1) is 0 Å². The summed E-state index contributed by atoms with van der Waals surface area (Å²) < 4.78 is 7.25. The minimum atomic E-state index is 0. The Labute approximate surface area is 400 Å². The van der Waals surface area contributed by atoms with Crippen LogP contribution in [-0.4, -0.2) is 89.3 Å². The number of benzene rings is 4. The number of rotatable bonds is 8. The smallest absolute Gasteiger partial charge is 0.512 e. The van der Waals surface area contributed by atoms with Crippen molar-refractivity contribution >= 4 is 33.9 Å². The van der Waals surface area contributed by atoms with Crippen molar-refractivity contribution in [1.82, 2.24) is 19.6 Å². The molecule has 8 atom stereocenters. The largest absolute Gasteiger partial charge is 2.00 e. The molecule has 0 aliphatic carbocycles. The second-order valence-electron chi connectivity index (χ2n) is 15.3. The molecule has 0 spiro atoms. The zero-order chi connectivity index (χ0) is 47.0. The molecule has 4 aromatic rings. The van der Waals surface area contributed by atoms with Gasteiger partial charge in [-0.15, -0.1) is 0 Å². The third kappa shape index (κ3) is 12.9. The van der Waals surface area contributed by atoms with Gasteiger partial charge < -0.3 is 78.8 Å². The summed E-state index contributed by atoms with van der Waals surface area (Å²) in [6.07, 6.45) is 5.32. The van der Waals surface area contributed by atoms with Crippen LogP contribution in [0.3, 0.4) is 0 Å². The fourth-order valence-corrected chi connectivity index (χ4v) is 16.5. The van der Waals surface area contributed by atoms with Crippen molar-refractivity contribution in [2.24, 2.45) is 0 Å². The maximum Gasteiger partial charge on any atom is 2.00 e. The van der Waals surface area contributed by atoms with Crippen LogP contribution in [0, 0.1) is 64.6 Å².